The van der Waals surface area contributed by atoms with Gasteiger partial charge in [0, 0.05) is 25.3 Å². The minimum absolute atomic E-state index is 0.0912. The summed E-state index contributed by atoms with van der Waals surface area (Å²) in [5, 5.41) is 12.9. The molecule has 0 radical (unpaired) electrons. The highest BCUT2D eigenvalue weighted by Gasteiger charge is 2.33. The van der Waals surface area contributed by atoms with Crippen LogP contribution in [0.4, 0.5) is 5.69 Å². The van der Waals surface area contributed by atoms with Crippen LogP contribution in [0.1, 0.15) is 24.3 Å². The maximum atomic E-state index is 12.5. The molecule has 4 nitrogen and oxygen atoms in total. The molecule has 2 aliphatic rings. The first kappa shape index (κ1) is 11.5. The van der Waals surface area contributed by atoms with E-state index >= 15 is 0 Å². The van der Waals surface area contributed by atoms with E-state index in [-0.39, 0.29) is 17.9 Å². The first-order valence-electron chi connectivity index (χ1n) is 6.55. The van der Waals surface area contributed by atoms with E-state index in [1.165, 1.54) is 0 Å². The molecule has 2 heterocycles. The second-order valence-corrected chi connectivity index (χ2v) is 5.10. The van der Waals surface area contributed by atoms with Gasteiger partial charge in [-0.15, -0.1) is 0 Å². The molecule has 96 valence electrons. The summed E-state index contributed by atoms with van der Waals surface area (Å²) in [4.78, 5) is 14.3. The molecule has 0 spiro atoms. The van der Waals surface area contributed by atoms with Gasteiger partial charge in [0.15, 0.2) is 0 Å². The number of aliphatic hydroxyl groups is 1. The lowest BCUT2D eigenvalue weighted by atomic mass is 9.98. The number of carbonyl (C=O) groups excluding carboxylic acids is 1. The third-order valence-corrected chi connectivity index (χ3v) is 3.84. The Morgan fingerprint density at radius 2 is 2.22 bits per heavy atom. The van der Waals surface area contributed by atoms with Crippen LogP contribution in [0.3, 0.4) is 0 Å². The van der Waals surface area contributed by atoms with E-state index in [0.29, 0.717) is 13.1 Å². The number of likely N-dealkylation sites (tertiary alicyclic amines) is 1. The van der Waals surface area contributed by atoms with Crippen LogP contribution in [0.5, 0.6) is 0 Å². The summed E-state index contributed by atoms with van der Waals surface area (Å²) in [5.74, 6) is 0.0534. The molecule has 4 heteroatoms. The van der Waals surface area contributed by atoms with E-state index in [1.807, 2.05) is 29.2 Å². The summed E-state index contributed by atoms with van der Waals surface area (Å²) in [7, 11) is 0. The number of rotatable bonds is 1. The van der Waals surface area contributed by atoms with Crippen molar-refractivity contribution < 1.29 is 9.90 Å². The molecule has 2 aliphatic heterocycles. The second kappa shape index (κ2) is 4.61. The van der Waals surface area contributed by atoms with Crippen LogP contribution in [-0.2, 0) is 4.79 Å². The van der Waals surface area contributed by atoms with E-state index < -0.39 is 0 Å². The zero-order valence-corrected chi connectivity index (χ0v) is 10.3. The van der Waals surface area contributed by atoms with Crippen molar-refractivity contribution in [3.63, 3.8) is 0 Å². The summed E-state index contributed by atoms with van der Waals surface area (Å²) in [6, 6.07) is 7.96. The SMILES string of the molecule is O=C(C1CNc2ccccc21)N1CCC[C@H](O)C1. The van der Waals surface area contributed by atoms with Crippen LogP contribution < -0.4 is 5.32 Å². The van der Waals surface area contributed by atoms with E-state index in [9.17, 15) is 9.90 Å². The predicted octanol–water partition coefficient (Wildman–Crippen LogP) is 1.18. The highest BCUT2D eigenvalue weighted by molar-refractivity contribution is 5.88. The fourth-order valence-corrected chi connectivity index (χ4v) is 2.88. The summed E-state index contributed by atoms with van der Waals surface area (Å²) in [5.41, 5.74) is 2.15. The van der Waals surface area contributed by atoms with E-state index in [0.717, 1.165) is 30.6 Å². The molecule has 2 N–H and O–H groups in total. The van der Waals surface area contributed by atoms with E-state index in [4.69, 9.17) is 0 Å². The Kier molecular flexibility index (Phi) is 2.96. The third kappa shape index (κ3) is 1.97. The molecular formula is C14H18N2O2. The maximum absolute atomic E-state index is 12.5. The average molecular weight is 246 g/mol. The van der Waals surface area contributed by atoms with Crippen LogP contribution in [0, 0.1) is 0 Å². The van der Waals surface area contributed by atoms with Crippen LogP contribution in [0.25, 0.3) is 0 Å². The molecule has 3 rings (SSSR count). The van der Waals surface area contributed by atoms with E-state index in [1.54, 1.807) is 0 Å². The van der Waals surface area contributed by atoms with Gasteiger partial charge >= 0.3 is 0 Å². The first-order chi connectivity index (χ1) is 8.75. The molecule has 18 heavy (non-hydrogen) atoms. The molecule has 1 fully saturated rings. The largest absolute Gasteiger partial charge is 0.391 e. The smallest absolute Gasteiger partial charge is 0.232 e. The Morgan fingerprint density at radius 3 is 3.06 bits per heavy atom. The highest BCUT2D eigenvalue weighted by Crippen LogP contribution is 2.32. The van der Waals surface area contributed by atoms with Crippen LogP contribution in [0.15, 0.2) is 24.3 Å². The number of hydrogen-bond donors (Lipinski definition) is 2. The fraction of sp³-hybridized carbons (Fsp3) is 0.500. The number of benzene rings is 1. The molecule has 2 atom stereocenters. The number of amides is 1. The minimum atomic E-state index is -0.354. The second-order valence-electron chi connectivity index (χ2n) is 5.10. The minimum Gasteiger partial charge on any atom is -0.391 e. The summed E-state index contributed by atoms with van der Waals surface area (Å²) < 4.78 is 0. The molecular weight excluding hydrogens is 228 g/mol. The van der Waals surface area contributed by atoms with Gasteiger partial charge in [-0.3, -0.25) is 4.79 Å². The van der Waals surface area contributed by atoms with Gasteiger partial charge in [0.1, 0.15) is 0 Å². The maximum Gasteiger partial charge on any atom is 0.232 e. The van der Waals surface area contributed by atoms with Crippen molar-refractivity contribution >= 4 is 11.6 Å². The predicted molar refractivity (Wildman–Crippen MR) is 69.5 cm³/mol. The monoisotopic (exact) mass is 246 g/mol. The van der Waals surface area contributed by atoms with Gasteiger partial charge in [0.05, 0.1) is 12.0 Å². The van der Waals surface area contributed by atoms with Crippen molar-refractivity contribution in [2.45, 2.75) is 24.9 Å². The van der Waals surface area contributed by atoms with Crippen molar-refractivity contribution in [2.75, 3.05) is 25.0 Å². The quantitative estimate of drug-likeness (QED) is 0.782. The fourth-order valence-electron chi connectivity index (χ4n) is 2.88. The van der Waals surface area contributed by atoms with Crippen molar-refractivity contribution in [2.24, 2.45) is 0 Å². The van der Waals surface area contributed by atoms with Gasteiger partial charge in [-0.05, 0) is 24.5 Å². The lowest BCUT2D eigenvalue weighted by Crippen LogP contribution is -2.44. The van der Waals surface area contributed by atoms with Crippen LogP contribution in [0.2, 0.25) is 0 Å². The normalized spacial score (nSPS) is 26.6. The molecule has 0 saturated carbocycles. The van der Waals surface area contributed by atoms with Gasteiger partial charge in [-0.2, -0.15) is 0 Å². The van der Waals surface area contributed by atoms with Crippen molar-refractivity contribution in [1.29, 1.82) is 0 Å². The number of aliphatic hydroxyl groups excluding tert-OH is 1. The number of β-amino-alcohol motifs (C(OH)–C–C–N with tert-alkyl or cyclic N) is 1. The lowest BCUT2D eigenvalue weighted by Gasteiger charge is -2.32. The molecule has 1 amide bonds. The number of carbonyl (C=O) groups is 1. The van der Waals surface area contributed by atoms with Gasteiger partial charge < -0.3 is 15.3 Å². The van der Waals surface area contributed by atoms with Gasteiger partial charge in [0.2, 0.25) is 5.91 Å². The molecule has 1 aromatic carbocycles. The van der Waals surface area contributed by atoms with Gasteiger partial charge in [-0.1, -0.05) is 18.2 Å². The Hall–Kier alpha value is -1.55. The Bertz CT molecular complexity index is 461. The molecule has 1 aromatic rings. The molecule has 0 aromatic heterocycles. The number of piperidine rings is 1. The molecule has 0 bridgehead atoms. The number of anilines is 1. The summed E-state index contributed by atoms with van der Waals surface area (Å²) >= 11 is 0. The van der Waals surface area contributed by atoms with Gasteiger partial charge in [0.25, 0.3) is 0 Å². The third-order valence-electron chi connectivity index (χ3n) is 3.84. The van der Waals surface area contributed by atoms with Crippen LogP contribution in [-0.4, -0.2) is 41.7 Å². The Labute approximate surface area is 107 Å². The summed E-state index contributed by atoms with van der Waals surface area (Å²) in [6.07, 6.45) is 1.35. The van der Waals surface area contributed by atoms with E-state index in [2.05, 4.69) is 5.32 Å². The standard InChI is InChI=1S/C14H18N2O2/c17-10-4-3-7-16(9-10)14(18)12-8-15-13-6-2-1-5-11(12)13/h1-2,5-6,10,12,15,17H,3-4,7-9H2/t10-,12?/m0/s1. The van der Waals surface area contributed by atoms with Gasteiger partial charge in [-0.25, -0.2) is 0 Å². The first-order valence-corrected chi connectivity index (χ1v) is 6.55. The summed E-state index contributed by atoms with van der Waals surface area (Å²) in [6.45, 7) is 1.93. The zero-order chi connectivity index (χ0) is 12.5. The van der Waals surface area contributed by atoms with Crippen molar-refractivity contribution in [1.82, 2.24) is 4.90 Å². The Balaban J connectivity index is 1.78. The van der Waals surface area contributed by atoms with Crippen LogP contribution >= 0.6 is 0 Å². The van der Waals surface area contributed by atoms with Crippen molar-refractivity contribution in [3.8, 4) is 0 Å². The topological polar surface area (TPSA) is 52.6 Å². The number of para-hydroxylation sites is 1. The highest BCUT2D eigenvalue weighted by atomic mass is 16.3. The lowest BCUT2D eigenvalue weighted by molar-refractivity contribution is -0.135. The Morgan fingerprint density at radius 1 is 1.39 bits per heavy atom. The number of nitrogens with zero attached hydrogens (tertiary/aromatic N) is 1. The molecule has 1 saturated heterocycles. The average Bonchev–Trinajstić information content (AvgIpc) is 2.82. The zero-order valence-electron chi connectivity index (χ0n) is 10.3. The van der Waals surface area contributed by atoms with Crippen molar-refractivity contribution in [3.05, 3.63) is 29.8 Å². The molecule has 0 aliphatic carbocycles. The number of nitrogens with one attached hydrogen (secondary N) is 1. The molecule has 1 unspecified atom stereocenters. The number of hydrogen-bond acceptors (Lipinski definition) is 3. The number of fused-ring (bicyclic) bond motifs is 1.